The molecule has 2 atom stereocenters. The van der Waals surface area contributed by atoms with Crippen molar-refractivity contribution in [3.05, 3.63) is 35.9 Å². The number of hydrogen-bond donors (Lipinski definition) is 3. The molecule has 3 nitrogen and oxygen atoms in total. The minimum atomic E-state index is -0.771. The molecule has 0 radical (unpaired) electrons. The lowest BCUT2D eigenvalue weighted by atomic mass is 9.84. The number of aliphatic hydroxyl groups is 2. The molecule has 1 aromatic carbocycles. The molecular weight excluding hydrogens is 190 g/mol. The zero-order valence-electron chi connectivity index (χ0n) is 8.69. The first-order valence-corrected chi connectivity index (χ1v) is 5.37. The van der Waals surface area contributed by atoms with Gasteiger partial charge in [-0.15, -0.1) is 0 Å². The fourth-order valence-corrected chi connectivity index (χ4v) is 2.07. The van der Waals surface area contributed by atoms with Crippen LogP contribution < -0.4 is 5.32 Å². The zero-order chi connectivity index (χ0) is 10.7. The van der Waals surface area contributed by atoms with Crippen molar-refractivity contribution < 1.29 is 10.2 Å². The fraction of sp³-hybridized carbons (Fsp3) is 0.500. The Balaban J connectivity index is 2.10. The second-order valence-electron chi connectivity index (χ2n) is 4.20. The molecule has 0 bridgehead atoms. The second-order valence-corrected chi connectivity index (χ2v) is 4.20. The van der Waals surface area contributed by atoms with Crippen molar-refractivity contribution in [2.45, 2.75) is 24.5 Å². The van der Waals surface area contributed by atoms with Gasteiger partial charge in [-0.05, 0) is 18.4 Å². The van der Waals surface area contributed by atoms with Crippen molar-refractivity contribution >= 4 is 0 Å². The van der Waals surface area contributed by atoms with Crippen LogP contribution in [0.15, 0.2) is 30.3 Å². The van der Waals surface area contributed by atoms with Crippen molar-refractivity contribution in [1.82, 2.24) is 5.32 Å². The Morgan fingerprint density at radius 3 is 2.60 bits per heavy atom. The van der Waals surface area contributed by atoms with E-state index in [0.717, 1.165) is 12.0 Å². The van der Waals surface area contributed by atoms with E-state index in [0.29, 0.717) is 13.0 Å². The summed E-state index contributed by atoms with van der Waals surface area (Å²) in [6, 6.07) is 9.84. The standard InChI is InChI=1S/C12H17NO2/c14-8-11-6-7-12(15,9-13-11)10-4-2-1-3-5-10/h1-5,11,13-15H,6-9H2/t11-,12-/m0/s1. The van der Waals surface area contributed by atoms with Crippen LogP contribution in [-0.2, 0) is 5.60 Å². The predicted molar refractivity (Wildman–Crippen MR) is 58.4 cm³/mol. The molecule has 0 spiro atoms. The van der Waals surface area contributed by atoms with Gasteiger partial charge in [0.15, 0.2) is 0 Å². The van der Waals surface area contributed by atoms with Crippen LogP contribution in [0, 0.1) is 0 Å². The summed E-state index contributed by atoms with van der Waals surface area (Å²) >= 11 is 0. The van der Waals surface area contributed by atoms with Gasteiger partial charge in [-0.1, -0.05) is 30.3 Å². The van der Waals surface area contributed by atoms with Crippen LogP contribution in [0.25, 0.3) is 0 Å². The van der Waals surface area contributed by atoms with Gasteiger partial charge in [-0.25, -0.2) is 0 Å². The van der Waals surface area contributed by atoms with Crippen molar-refractivity contribution in [3.8, 4) is 0 Å². The molecule has 1 fully saturated rings. The van der Waals surface area contributed by atoms with Gasteiger partial charge in [0.1, 0.15) is 5.60 Å². The molecule has 1 saturated heterocycles. The van der Waals surface area contributed by atoms with E-state index in [1.807, 2.05) is 30.3 Å². The number of hydrogen-bond acceptors (Lipinski definition) is 3. The van der Waals surface area contributed by atoms with Gasteiger partial charge in [0.2, 0.25) is 0 Å². The Morgan fingerprint density at radius 1 is 1.33 bits per heavy atom. The van der Waals surface area contributed by atoms with E-state index in [9.17, 15) is 5.11 Å². The first kappa shape index (κ1) is 10.6. The van der Waals surface area contributed by atoms with Gasteiger partial charge < -0.3 is 15.5 Å². The molecule has 1 aromatic rings. The minimum Gasteiger partial charge on any atom is -0.395 e. The van der Waals surface area contributed by atoms with Crippen LogP contribution in [0.1, 0.15) is 18.4 Å². The van der Waals surface area contributed by atoms with Gasteiger partial charge in [-0.3, -0.25) is 0 Å². The molecule has 0 unspecified atom stereocenters. The van der Waals surface area contributed by atoms with Gasteiger partial charge >= 0.3 is 0 Å². The van der Waals surface area contributed by atoms with E-state index >= 15 is 0 Å². The molecule has 82 valence electrons. The van der Waals surface area contributed by atoms with E-state index in [4.69, 9.17) is 5.11 Å². The largest absolute Gasteiger partial charge is 0.395 e. The molecule has 15 heavy (non-hydrogen) atoms. The lowest BCUT2D eigenvalue weighted by molar-refractivity contribution is -0.00385. The van der Waals surface area contributed by atoms with Gasteiger partial charge in [-0.2, -0.15) is 0 Å². The summed E-state index contributed by atoms with van der Waals surface area (Å²) in [7, 11) is 0. The Morgan fingerprint density at radius 2 is 2.07 bits per heavy atom. The average molecular weight is 207 g/mol. The molecule has 2 rings (SSSR count). The Bertz CT molecular complexity index is 305. The lowest BCUT2D eigenvalue weighted by Gasteiger charge is -2.36. The molecule has 3 N–H and O–H groups in total. The SMILES string of the molecule is OC[C@@H]1CC[C@@](O)(c2ccccc2)CN1. The molecule has 1 aliphatic heterocycles. The predicted octanol–water partition coefficient (Wildman–Crippen LogP) is 0.618. The van der Waals surface area contributed by atoms with Crippen LogP contribution in [-0.4, -0.2) is 29.4 Å². The highest BCUT2D eigenvalue weighted by Crippen LogP contribution is 2.29. The number of rotatable bonds is 2. The maximum atomic E-state index is 10.4. The Kier molecular flexibility index (Phi) is 3.05. The molecule has 0 saturated carbocycles. The summed E-state index contributed by atoms with van der Waals surface area (Å²) < 4.78 is 0. The number of β-amino-alcohol motifs (C(OH)–C–C–N with tert-alkyl or cyclic N) is 1. The summed E-state index contributed by atoms with van der Waals surface area (Å²) in [5, 5.41) is 22.6. The van der Waals surface area contributed by atoms with E-state index in [1.165, 1.54) is 0 Å². The third-order valence-electron chi connectivity index (χ3n) is 3.12. The van der Waals surface area contributed by atoms with Crippen LogP contribution in [0.3, 0.4) is 0 Å². The summed E-state index contributed by atoms with van der Waals surface area (Å²) in [4.78, 5) is 0. The zero-order valence-corrected chi connectivity index (χ0v) is 8.69. The third kappa shape index (κ3) is 2.20. The van der Waals surface area contributed by atoms with Gasteiger partial charge in [0, 0.05) is 12.6 Å². The van der Waals surface area contributed by atoms with E-state index in [1.54, 1.807) is 0 Å². The summed E-state index contributed by atoms with van der Waals surface area (Å²) in [5.74, 6) is 0. The monoisotopic (exact) mass is 207 g/mol. The third-order valence-corrected chi connectivity index (χ3v) is 3.12. The van der Waals surface area contributed by atoms with Crippen molar-refractivity contribution in [3.63, 3.8) is 0 Å². The molecule has 0 aliphatic carbocycles. The maximum Gasteiger partial charge on any atom is 0.102 e. The number of aliphatic hydroxyl groups excluding tert-OH is 1. The van der Waals surface area contributed by atoms with E-state index < -0.39 is 5.60 Å². The van der Waals surface area contributed by atoms with Gasteiger partial charge in [0.05, 0.1) is 6.61 Å². The quantitative estimate of drug-likeness (QED) is 0.666. The highest BCUT2D eigenvalue weighted by molar-refractivity contribution is 5.23. The normalized spacial score (nSPS) is 31.5. The molecule has 0 aromatic heterocycles. The molecular formula is C12H17NO2. The first-order valence-electron chi connectivity index (χ1n) is 5.37. The minimum absolute atomic E-state index is 0.133. The molecule has 1 aliphatic rings. The van der Waals surface area contributed by atoms with Crippen LogP contribution in [0.2, 0.25) is 0 Å². The van der Waals surface area contributed by atoms with E-state index in [-0.39, 0.29) is 12.6 Å². The molecule has 0 amide bonds. The first-order chi connectivity index (χ1) is 7.24. The summed E-state index contributed by atoms with van der Waals surface area (Å²) in [6.45, 7) is 0.660. The van der Waals surface area contributed by atoms with E-state index in [2.05, 4.69) is 5.32 Å². The number of nitrogens with one attached hydrogen (secondary N) is 1. The van der Waals surface area contributed by atoms with Crippen molar-refractivity contribution in [2.75, 3.05) is 13.2 Å². The highest BCUT2D eigenvalue weighted by Gasteiger charge is 2.33. The molecule has 3 heteroatoms. The maximum absolute atomic E-state index is 10.4. The summed E-state index contributed by atoms with van der Waals surface area (Å²) in [6.07, 6.45) is 1.51. The van der Waals surface area contributed by atoms with Crippen molar-refractivity contribution in [2.24, 2.45) is 0 Å². The highest BCUT2D eigenvalue weighted by atomic mass is 16.3. The van der Waals surface area contributed by atoms with Crippen LogP contribution in [0.4, 0.5) is 0 Å². The van der Waals surface area contributed by atoms with Crippen LogP contribution >= 0.6 is 0 Å². The average Bonchev–Trinajstić information content (AvgIpc) is 2.31. The Hall–Kier alpha value is -0.900. The Labute approximate surface area is 89.8 Å². The second kappa shape index (κ2) is 4.31. The van der Waals surface area contributed by atoms with Crippen molar-refractivity contribution in [1.29, 1.82) is 0 Å². The number of benzene rings is 1. The van der Waals surface area contributed by atoms with Crippen LogP contribution in [0.5, 0.6) is 0 Å². The fourth-order valence-electron chi connectivity index (χ4n) is 2.07. The number of piperidine rings is 1. The summed E-state index contributed by atoms with van der Waals surface area (Å²) in [5.41, 5.74) is 0.182. The lowest BCUT2D eigenvalue weighted by Crippen LogP contribution is -2.49. The topological polar surface area (TPSA) is 52.5 Å². The molecule has 1 heterocycles. The smallest absolute Gasteiger partial charge is 0.102 e. The van der Waals surface area contributed by atoms with Gasteiger partial charge in [0.25, 0.3) is 0 Å².